The van der Waals surface area contributed by atoms with Gasteiger partial charge in [-0.3, -0.25) is 10.1 Å². The standard InChI is InChI=1S/C25H23N3O2S/c1-17-8-10-18(11-9-17)22-16-31-25(27-22)28-24(29)23(19-6-4-3-5-7-19)26-20-12-14-21(30-2)15-13-20/h3-16,23,26H,1-2H3,(H,27,28,29)/t23-/m0/s1. The molecule has 156 valence electrons. The van der Waals surface area contributed by atoms with Gasteiger partial charge in [0.1, 0.15) is 11.8 Å². The van der Waals surface area contributed by atoms with Crippen molar-refractivity contribution in [2.45, 2.75) is 13.0 Å². The average Bonchev–Trinajstić information content (AvgIpc) is 3.27. The van der Waals surface area contributed by atoms with Crippen LogP contribution < -0.4 is 15.4 Å². The molecule has 1 amide bonds. The maximum absolute atomic E-state index is 13.2. The Labute approximate surface area is 185 Å². The summed E-state index contributed by atoms with van der Waals surface area (Å²) in [6.07, 6.45) is 0. The molecule has 1 aromatic heterocycles. The Morgan fingerprint density at radius 1 is 0.968 bits per heavy atom. The van der Waals surface area contributed by atoms with E-state index in [0.29, 0.717) is 5.13 Å². The van der Waals surface area contributed by atoms with Crippen LogP contribution >= 0.6 is 11.3 Å². The van der Waals surface area contributed by atoms with Gasteiger partial charge >= 0.3 is 0 Å². The lowest BCUT2D eigenvalue weighted by atomic mass is 10.1. The SMILES string of the molecule is COc1ccc(N[C@H](C(=O)Nc2nc(-c3ccc(C)cc3)cs2)c2ccccc2)cc1. The number of ether oxygens (including phenoxy) is 1. The lowest BCUT2D eigenvalue weighted by Crippen LogP contribution is -2.27. The number of rotatable bonds is 7. The first kappa shape index (κ1) is 20.6. The summed E-state index contributed by atoms with van der Waals surface area (Å²) in [5, 5.41) is 8.81. The van der Waals surface area contributed by atoms with Gasteiger partial charge in [0, 0.05) is 16.6 Å². The largest absolute Gasteiger partial charge is 0.497 e. The number of aromatic nitrogens is 1. The van der Waals surface area contributed by atoms with E-state index < -0.39 is 6.04 Å². The Hall–Kier alpha value is -3.64. The van der Waals surface area contributed by atoms with Gasteiger partial charge in [-0.2, -0.15) is 0 Å². The molecule has 0 radical (unpaired) electrons. The van der Waals surface area contributed by atoms with Crippen molar-refractivity contribution in [1.82, 2.24) is 4.98 Å². The van der Waals surface area contributed by atoms with E-state index >= 15 is 0 Å². The third kappa shape index (κ3) is 5.10. The number of benzene rings is 3. The summed E-state index contributed by atoms with van der Waals surface area (Å²) in [4.78, 5) is 17.8. The number of thiazole rings is 1. The van der Waals surface area contributed by atoms with Crippen LogP contribution in [0.25, 0.3) is 11.3 Å². The Morgan fingerprint density at radius 3 is 2.35 bits per heavy atom. The lowest BCUT2D eigenvalue weighted by molar-refractivity contribution is -0.117. The van der Waals surface area contributed by atoms with Crippen molar-refractivity contribution in [3.8, 4) is 17.0 Å². The fourth-order valence-electron chi connectivity index (χ4n) is 3.17. The highest BCUT2D eigenvalue weighted by Gasteiger charge is 2.22. The molecule has 0 saturated carbocycles. The summed E-state index contributed by atoms with van der Waals surface area (Å²) in [6, 6.07) is 24.7. The molecular formula is C25H23N3O2S. The van der Waals surface area contributed by atoms with Gasteiger partial charge < -0.3 is 10.1 Å². The maximum Gasteiger partial charge on any atom is 0.253 e. The normalized spacial score (nSPS) is 11.5. The molecule has 0 saturated heterocycles. The fraction of sp³-hybridized carbons (Fsp3) is 0.120. The molecule has 3 aromatic carbocycles. The van der Waals surface area contributed by atoms with Gasteiger partial charge in [0.25, 0.3) is 5.91 Å². The number of methoxy groups -OCH3 is 1. The van der Waals surface area contributed by atoms with Crippen LogP contribution in [-0.2, 0) is 4.79 Å². The summed E-state index contributed by atoms with van der Waals surface area (Å²) in [5.74, 6) is 0.588. The van der Waals surface area contributed by atoms with Crippen LogP contribution in [0.1, 0.15) is 17.2 Å². The highest BCUT2D eigenvalue weighted by molar-refractivity contribution is 7.14. The Kier molecular flexibility index (Phi) is 6.29. The first-order valence-corrected chi connectivity index (χ1v) is 10.8. The predicted octanol–water partition coefficient (Wildman–Crippen LogP) is 5.92. The van der Waals surface area contributed by atoms with Gasteiger partial charge in [0.2, 0.25) is 0 Å². The summed E-state index contributed by atoms with van der Waals surface area (Å²) in [6.45, 7) is 2.05. The summed E-state index contributed by atoms with van der Waals surface area (Å²) >= 11 is 1.41. The van der Waals surface area contributed by atoms with E-state index in [1.165, 1.54) is 16.9 Å². The van der Waals surface area contributed by atoms with Crippen molar-refractivity contribution in [1.29, 1.82) is 0 Å². The average molecular weight is 430 g/mol. The van der Waals surface area contributed by atoms with Crippen LogP contribution in [-0.4, -0.2) is 18.0 Å². The Bertz CT molecular complexity index is 1140. The molecule has 0 aliphatic carbocycles. The summed E-state index contributed by atoms with van der Waals surface area (Å²) < 4.78 is 5.22. The highest BCUT2D eigenvalue weighted by atomic mass is 32.1. The summed E-state index contributed by atoms with van der Waals surface area (Å²) in [5.41, 5.74) is 4.76. The molecule has 0 spiro atoms. The quantitative estimate of drug-likeness (QED) is 0.383. The number of amides is 1. The molecule has 1 atom stereocenters. The van der Waals surface area contributed by atoms with Crippen molar-refractivity contribution in [3.63, 3.8) is 0 Å². The molecule has 4 rings (SSSR count). The van der Waals surface area contributed by atoms with Gasteiger partial charge in [-0.1, -0.05) is 60.2 Å². The molecule has 0 aliphatic heterocycles. The van der Waals surface area contributed by atoms with Crippen LogP contribution in [0.2, 0.25) is 0 Å². The minimum absolute atomic E-state index is 0.174. The lowest BCUT2D eigenvalue weighted by Gasteiger charge is -2.19. The number of nitrogens with zero attached hydrogens (tertiary/aromatic N) is 1. The fourth-order valence-corrected chi connectivity index (χ4v) is 3.89. The zero-order valence-electron chi connectivity index (χ0n) is 17.3. The number of aryl methyl sites for hydroxylation is 1. The van der Waals surface area contributed by atoms with Gasteiger partial charge in [0.05, 0.1) is 12.8 Å². The molecule has 0 aliphatic rings. The van der Waals surface area contributed by atoms with E-state index in [1.807, 2.05) is 72.1 Å². The van der Waals surface area contributed by atoms with Gasteiger partial charge in [-0.05, 0) is 36.8 Å². The van der Waals surface area contributed by atoms with Crippen LogP contribution in [0.15, 0.2) is 84.2 Å². The van der Waals surface area contributed by atoms with E-state index in [2.05, 4.69) is 34.7 Å². The predicted molar refractivity (Wildman–Crippen MR) is 127 cm³/mol. The second-order valence-corrected chi connectivity index (χ2v) is 7.97. The molecule has 31 heavy (non-hydrogen) atoms. The molecule has 1 heterocycles. The molecule has 6 heteroatoms. The smallest absolute Gasteiger partial charge is 0.253 e. The molecule has 5 nitrogen and oxygen atoms in total. The van der Waals surface area contributed by atoms with Gasteiger partial charge in [0.15, 0.2) is 5.13 Å². The number of carbonyl (C=O) groups is 1. The highest BCUT2D eigenvalue weighted by Crippen LogP contribution is 2.27. The third-order valence-electron chi connectivity index (χ3n) is 4.88. The summed E-state index contributed by atoms with van der Waals surface area (Å²) in [7, 11) is 1.63. The number of carbonyl (C=O) groups excluding carboxylic acids is 1. The maximum atomic E-state index is 13.2. The molecule has 0 unspecified atom stereocenters. The van der Waals surface area contributed by atoms with Crippen LogP contribution in [0.4, 0.5) is 10.8 Å². The van der Waals surface area contributed by atoms with E-state index in [-0.39, 0.29) is 5.91 Å². The zero-order chi connectivity index (χ0) is 21.6. The van der Waals surface area contributed by atoms with Crippen molar-refractivity contribution in [2.24, 2.45) is 0 Å². The van der Waals surface area contributed by atoms with Gasteiger partial charge in [-0.25, -0.2) is 4.98 Å². The minimum atomic E-state index is -0.568. The number of hydrogen-bond donors (Lipinski definition) is 2. The van der Waals surface area contributed by atoms with Crippen LogP contribution in [0.5, 0.6) is 5.75 Å². The van der Waals surface area contributed by atoms with Crippen LogP contribution in [0, 0.1) is 6.92 Å². The molecule has 4 aromatic rings. The molecule has 0 bridgehead atoms. The van der Waals surface area contributed by atoms with E-state index in [4.69, 9.17) is 4.74 Å². The minimum Gasteiger partial charge on any atom is -0.497 e. The Balaban J connectivity index is 1.54. The molecule has 0 fully saturated rings. The third-order valence-corrected chi connectivity index (χ3v) is 5.64. The van der Waals surface area contributed by atoms with Crippen molar-refractivity contribution in [2.75, 3.05) is 17.7 Å². The first-order valence-electron chi connectivity index (χ1n) is 9.91. The van der Waals surface area contributed by atoms with Crippen LogP contribution in [0.3, 0.4) is 0 Å². The van der Waals surface area contributed by atoms with E-state index in [9.17, 15) is 4.79 Å². The van der Waals surface area contributed by atoms with Crippen molar-refractivity contribution in [3.05, 3.63) is 95.4 Å². The Morgan fingerprint density at radius 2 is 1.68 bits per heavy atom. The second kappa shape index (κ2) is 9.45. The zero-order valence-corrected chi connectivity index (χ0v) is 18.1. The van der Waals surface area contributed by atoms with Gasteiger partial charge in [-0.15, -0.1) is 11.3 Å². The van der Waals surface area contributed by atoms with Crippen molar-refractivity contribution < 1.29 is 9.53 Å². The van der Waals surface area contributed by atoms with E-state index in [0.717, 1.165) is 28.3 Å². The second-order valence-electron chi connectivity index (χ2n) is 7.11. The topological polar surface area (TPSA) is 63.2 Å². The number of hydrogen-bond acceptors (Lipinski definition) is 5. The van der Waals surface area contributed by atoms with E-state index in [1.54, 1.807) is 7.11 Å². The van der Waals surface area contributed by atoms with Crippen molar-refractivity contribution >= 4 is 28.1 Å². The number of nitrogens with one attached hydrogen (secondary N) is 2. The molecule has 2 N–H and O–H groups in total. The number of anilines is 2. The first-order chi connectivity index (χ1) is 15.1. The monoisotopic (exact) mass is 429 g/mol. The molecular weight excluding hydrogens is 406 g/mol.